The Bertz CT molecular complexity index is 598. The first-order valence-corrected chi connectivity index (χ1v) is 6.40. The van der Waals surface area contributed by atoms with Gasteiger partial charge in [0.1, 0.15) is 5.82 Å². The highest BCUT2D eigenvalue weighted by molar-refractivity contribution is 5.87. The minimum absolute atomic E-state index is 0.247. The first-order chi connectivity index (χ1) is 9.69. The van der Waals surface area contributed by atoms with Gasteiger partial charge in [-0.25, -0.2) is 9.18 Å². The highest BCUT2D eigenvalue weighted by Crippen LogP contribution is 2.20. The van der Waals surface area contributed by atoms with Crippen LogP contribution in [0.3, 0.4) is 0 Å². The van der Waals surface area contributed by atoms with Crippen LogP contribution in [0.5, 0.6) is 0 Å². The SMILES string of the molecule is CCOC(=O)C=Cc1ccc(-c2ccc(F)cc2)cc1. The van der Waals surface area contributed by atoms with Crippen molar-refractivity contribution in [3.8, 4) is 11.1 Å². The largest absolute Gasteiger partial charge is 0.463 e. The normalized spacial score (nSPS) is 10.7. The molecule has 0 atom stereocenters. The molecule has 0 saturated heterocycles. The van der Waals surface area contributed by atoms with E-state index in [-0.39, 0.29) is 11.8 Å². The third-order valence-corrected chi connectivity index (χ3v) is 2.79. The molecule has 0 heterocycles. The van der Waals surface area contributed by atoms with Gasteiger partial charge in [0, 0.05) is 6.08 Å². The van der Waals surface area contributed by atoms with E-state index in [9.17, 15) is 9.18 Å². The molecule has 0 bridgehead atoms. The predicted molar refractivity (Wildman–Crippen MR) is 77.5 cm³/mol. The van der Waals surface area contributed by atoms with Gasteiger partial charge < -0.3 is 4.74 Å². The van der Waals surface area contributed by atoms with Gasteiger partial charge in [-0.05, 0) is 41.8 Å². The molecule has 3 heteroatoms. The van der Waals surface area contributed by atoms with Crippen LogP contribution in [0, 0.1) is 5.82 Å². The Balaban J connectivity index is 2.10. The molecular formula is C17H15FO2. The second-order valence-corrected chi connectivity index (χ2v) is 4.21. The summed E-state index contributed by atoms with van der Waals surface area (Å²) in [7, 11) is 0. The van der Waals surface area contributed by atoms with Crippen LogP contribution >= 0.6 is 0 Å². The maximum atomic E-state index is 12.9. The molecule has 2 nitrogen and oxygen atoms in total. The van der Waals surface area contributed by atoms with Crippen molar-refractivity contribution in [1.29, 1.82) is 0 Å². The first kappa shape index (κ1) is 14.0. The summed E-state index contributed by atoms with van der Waals surface area (Å²) in [5, 5.41) is 0. The van der Waals surface area contributed by atoms with Crippen molar-refractivity contribution in [3.63, 3.8) is 0 Å². The van der Waals surface area contributed by atoms with Crippen molar-refractivity contribution in [1.82, 2.24) is 0 Å². The maximum Gasteiger partial charge on any atom is 0.330 e. The smallest absolute Gasteiger partial charge is 0.330 e. The van der Waals surface area contributed by atoms with E-state index in [0.29, 0.717) is 6.61 Å². The quantitative estimate of drug-likeness (QED) is 0.618. The molecule has 0 radical (unpaired) electrons. The summed E-state index contributed by atoms with van der Waals surface area (Å²) in [5.41, 5.74) is 2.86. The van der Waals surface area contributed by atoms with Gasteiger partial charge in [0.15, 0.2) is 0 Å². The lowest BCUT2D eigenvalue weighted by Gasteiger charge is -2.02. The molecule has 20 heavy (non-hydrogen) atoms. The summed E-state index contributed by atoms with van der Waals surface area (Å²) in [6.45, 7) is 2.13. The number of benzene rings is 2. The monoisotopic (exact) mass is 270 g/mol. The van der Waals surface area contributed by atoms with Crippen molar-refractivity contribution in [3.05, 3.63) is 66.0 Å². The standard InChI is InChI=1S/C17H15FO2/c1-2-20-17(19)12-5-13-3-6-14(7-4-13)15-8-10-16(18)11-9-15/h3-12H,2H2,1H3. The number of hydrogen-bond donors (Lipinski definition) is 0. The Morgan fingerprint density at radius 3 is 2.15 bits per heavy atom. The number of rotatable bonds is 4. The van der Waals surface area contributed by atoms with E-state index in [1.165, 1.54) is 18.2 Å². The van der Waals surface area contributed by atoms with Crippen LogP contribution in [0.15, 0.2) is 54.6 Å². The molecule has 2 aromatic carbocycles. The second kappa shape index (κ2) is 6.66. The van der Waals surface area contributed by atoms with Gasteiger partial charge in [0.05, 0.1) is 6.61 Å². The lowest BCUT2D eigenvalue weighted by atomic mass is 10.0. The Hall–Kier alpha value is -2.42. The molecule has 0 amide bonds. The third-order valence-electron chi connectivity index (χ3n) is 2.79. The fourth-order valence-corrected chi connectivity index (χ4v) is 1.78. The zero-order valence-electron chi connectivity index (χ0n) is 11.2. The highest BCUT2D eigenvalue weighted by Gasteiger charge is 1.98. The van der Waals surface area contributed by atoms with Crippen LogP contribution < -0.4 is 0 Å². The molecule has 102 valence electrons. The van der Waals surface area contributed by atoms with Crippen molar-refractivity contribution < 1.29 is 13.9 Å². The van der Waals surface area contributed by atoms with E-state index in [2.05, 4.69) is 0 Å². The summed E-state index contributed by atoms with van der Waals surface area (Å²) in [5.74, 6) is -0.599. The lowest BCUT2D eigenvalue weighted by Crippen LogP contribution is -1.98. The summed E-state index contributed by atoms with van der Waals surface area (Å²) < 4.78 is 17.7. The van der Waals surface area contributed by atoms with E-state index in [1.807, 2.05) is 24.3 Å². The number of carbonyl (C=O) groups excluding carboxylic acids is 1. The molecule has 0 aromatic heterocycles. The van der Waals surface area contributed by atoms with Gasteiger partial charge in [-0.15, -0.1) is 0 Å². The van der Waals surface area contributed by atoms with E-state index in [4.69, 9.17) is 4.74 Å². The zero-order chi connectivity index (χ0) is 14.4. The number of halogens is 1. The van der Waals surface area contributed by atoms with Gasteiger partial charge in [-0.1, -0.05) is 36.4 Å². The summed E-state index contributed by atoms with van der Waals surface area (Å²) in [4.78, 5) is 11.2. The van der Waals surface area contributed by atoms with Crippen LogP contribution in [0.25, 0.3) is 17.2 Å². The molecule has 0 spiro atoms. The average Bonchev–Trinajstić information content (AvgIpc) is 2.47. The fourth-order valence-electron chi connectivity index (χ4n) is 1.78. The van der Waals surface area contributed by atoms with Gasteiger partial charge in [-0.2, -0.15) is 0 Å². The van der Waals surface area contributed by atoms with Crippen molar-refractivity contribution in [2.24, 2.45) is 0 Å². The first-order valence-electron chi connectivity index (χ1n) is 6.40. The Morgan fingerprint density at radius 2 is 1.60 bits per heavy atom. The topological polar surface area (TPSA) is 26.3 Å². The Labute approximate surface area is 117 Å². The molecule has 2 rings (SSSR count). The second-order valence-electron chi connectivity index (χ2n) is 4.21. The van der Waals surface area contributed by atoms with E-state index in [1.54, 1.807) is 25.1 Å². The molecule has 0 aliphatic carbocycles. The number of esters is 1. The van der Waals surface area contributed by atoms with Crippen LogP contribution in [-0.4, -0.2) is 12.6 Å². The summed E-state index contributed by atoms with van der Waals surface area (Å²) in [6, 6.07) is 14.0. The third kappa shape index (κ3) is 3.79. The average molecular weight is 270 g/mol. The molecule has 0 fully saturated rings. The predicted octanol–water partition coefficient (Wildman–Crippen LogP) is 4.07. The molecule has 0 unspecified atom stereocenters. The maximum absolute atomic E-state index is 12.9. The van der Waals surface area contributed by atoms with Crippen LogP contribution in [0.1, 0.15) is 12.5 Å². The molecule has 2 aromatic rings. The summed E-state index contributed by atoms with van der Waals surface area (Å²) >= 11 is 0. The number of ether oxygens (including phenoxy) is 1. The fraction of sp³-hybridized carbons (Fsp3) is 0.118. The molecular weight excluding hydrogens is 255 g/mol. The van der Waals surface area contributed by atoms with Crippen LogP contribution in [0.2, 0.25) is 0 Å². The van der Waals surface area contributed by atoms with Gasteiger partial charge >= 0.3 is 5.97 Å². The molecule has 0 saturated carbocycles. The van der Waals surface area contributed by atoms with Gasteiger partial charge in [-0.3, -0.25) is 0 Å². The minimum atomic E-state index is -0.352. The van der Waals surface area contributed by atoms with E-state index >= 15 is 0 Å². The molecule has 0 aliphatic rings. The van der Waals surface area contributed by atoms with Crippen molar-refractivity contribution in [2.45, 2.75) is 6.92 Å². The van der Waals surface area contributed by atoms with Gasteiger partial charge in [0.25, 0.3) is 0 Å². The molecule has 0 aliphatic heterocycles. The van der Waals surface area contributed by atoms with Crippen LogP contribution in [-0.2, 0) is 9.53 Å². The summed E-state index contributed by atoms with van der Waals surface area (Å²) in [6.07, 6.45) is 3.10. The number of hydrogen-bond acceptors (Lipinski definition) is 2. The molecule has 0 N–H and O–H groups in total. The van der Waals surface area contributed by atoms with E-state index < -0.39 is 0 Å². The lowest BCUT2D eigenvalue weighted by molar-refractivity contribution is -0.137. The van der Waals surface area contributed by atoms with Crippen molar-refractivity contribution >= 4 is 12.0 Å². The Kier molecular flexibility index (Phi) is 4.66. The zero-order valence-corrected chi connectivity index (χ0v) is 11.2. The highest BCUT2D eigenvalue weighted by atomic mass is 19.1. The Morgan fingerprint density at radius 1 is 1.05 bits per heavy atom. The van der Waals surface area contributed by atoms with Gasteiger partial charge in [0.2, 0.25) is 0 Å². The van der Waals surface area contributed by atoms with Crippen molar-refractivity contribution in [2.75, 3.05) is 6.61 Å². The minimum Gasteiger partial charge on any atom is -0.463 e. The van der Waals surface area contributed by atoms with E-state index in [0.717, 1.165) is 16.7 Å². The number of carbonyl (C=O) groups is 1. The van der Waals surface area contributed by atoms with Crippen LogP contribution in [0.4, 0.5) is 4.39 Å².